The number of aromatic nitrogens is 3. The number of hydrogen-bond donors (Lipinski definition) is 1. The van der Waals surface area contributed by atoms with E-state index in [1.54, 1.807) is 18.6 Å². The van der Waals surface area contributed by atoms with Crippen molar-refractivity contribution in [2.24, 2.45) is 0 Å². The van der Waals surface area contributed by atoms with Gasteiger partial charge < -0.3 is 9.88 Å². The zero-order valence-electron chi connectivity index (χ0n) is 9.22. The highest BCUT2D eigenvalue weighted by molar-refractivity contribution is 5.56. The zero-order valence-corrected chi connectivity index (χ0v) is 9.22. The third kappa shape index (κ3) is 2.11. The zero-order chi connectivity index (χ0) is 11.4. The molecule has 0 radical (unpaired) electrons. The normalized spacial score (nSPS) is 10.1. The number of hydrogen-bond acceptors (Lipinski definition) is 3. The maximum absolute atomic E-state index is 4.25. The first-order valence-corrected chi connectivity index (χ1v) is 5.11. The van der Waals surface area contributed by atoms with Crippen molar-refractivity contribution in [3.8, 4) is 0 Å². The molecule has 0 atom stereocenters. The standard InChI is InChI=1S/C12H14N4/c1-3-7-16-8-6-14-12(16)15-11-9-13-5-4-10(11)2/h3-6,8-9H,1,7H2,2H3,(H,14,15). The molecule has 4 heteroatoms. The first kappa shape index (κ1) is 10.4. The summed E-state index contributed by atoms with van der Waals surface area (Å²) >= 11 is 0. The van der Waals surface area contributed by atoms with Gasteiger partial charge in [-0.2, -0.15) is 0 Å². The van der Waals surface area contributed by atoms with E-state index >= 15 is 0 Å². The van der Waals surface area contributed by atoms with Gasteiger partial charge in [0.2, 0.25) is 5.95 Å². The van der Waals surface area contributed by atoms with Gasteiger partial charge in [-0.25, -0.2) is 4.98 Å². The van der Waals surface area contributed by atoms with Gasteiger partial charge in [-0.05, 0) is 18.6 Å². The summed E-state index contributed by atoms with van der Waals surface area (Å²) in [5, 5.41) is 3.25. The van der Waals surface area contributed by atoms with Crippen LogP contribution in [0.1, 0.15) is 5.56 Å². The van der Waals surface area contributed by atoms with Crippen LogP contribution >= 0.6 is 0 Å². The first-order valence-electron chi connectivity index (χ1n) is 5.11. The number of pyridine rings is 1. The third-order valence-corrected chi connectivity index (χ3v) is 2.33. The Bertz CT molecular complexity index is 487. The monoisotopic (exact) mass is 214 g/mol. The Balaban J connectivity index is 2.23. The second kappa shape index (κ2) is 4.61. The minimum absolute atomic E-state index is 0.738. The molecule has 0 amide bonds. The van der Waals surface area contributed by atoms with Crippen molar-refractivity contribution in [3.05, 3.63) is 49.1 Å². The van der Waals surface area contributed by atoms with Crippen LogP contribution in [-0.4, -0.2) is 14.5 Å². The van der Waals surface area contributed by atoms with Crippen LogP contribution in [0, 0.1) is 6.92 Å². The molecular weight excluding hydrogens is 200 g/mol. The second-order valence-electron chi connectivity index (χ2n) is 3.51. The number of aryl methyl sites for hydroxylation is 1. The third-order valence-electron chi connectivity index (χ3n) is 2.33. The molecule has 0 aliphatic rings. The number of nitrogens with zero attached hydrogens (tertiary/aromatic N) is 3. The van der Waals surface area contributed by atoms with Crippen molar-refractivity contribution in [1.29, 1.82) is 0 Å². The molecule has 16 heavy (non-hydrogen) atoms. The van der Waals surface area contributed by atoms with E-state index in [0.717, 1.165) is 23.7 Å². The lowest BCUT2D eigenvalue weighted by Gasteiger charge is -2.09. The molecule has 0 aromatic carbocycles. The maximum Gasteiger partial charge on any atom is 0.207 e. The van der Waals surface area contributed by atoms with Gasteiger partial charge in [0.05, 0.1) is 11.9 Å². The van der Waals surface area contributed by atoms with Crippen LogP contribution in [0.15, 0.2) is 43.5 Å². The van der Waals surface area contributed by atoms with Crippen LogP contribution in [0.2, 0.25) is 0 Å². The lowest BCUT2D eigenvalue weighted by Crippen LogP contribution is -2.03. The van der Waals surface area contributed by atoms with Crippen LogP contribution in [-0.2, 0) is 6.54 Å². The van der Waals surface area contributed by atoms with Gasteiger partial charge in [-0.15, -0.1) is 6.58 Å². The Hall–Kier alpha value is -2.10. The molecule has 0 aliphatic heterocycles. The molecule has 2 aromatic rings. The highest BCUT2D eigenvalue weighted by Gasteiger charge is 2.03. The Morgan fingerprint density at radius 3 is 3.12 bits per heavy atom. The molecule has 0 fully saturated rings. The summed E-state index contributed by atoms with van der Waals surface area (Å²) in [6, 6.07) is 1.96. The number of imidazole rings is 1. The highest BCUT2D eigenvalue weighted by Crippen LogP contribution is 2.17. The summed E-state index contributed by atoms with van der Waals surface area (Å²) in [6.07, 6.45) is 9.08. The van der Waals surface area contributed by atoms with E-state index in [-0.39, 0.29) is 0 Å². The van der Waals surface area contributed by atoms with Crippen LogP contribution in [0.25, 0.3) is 0 Å². The molecular formula is C12H14N4. The smallest absolute Gasteiger partial charge is 0.207 e. The summed E-state index contributed by atoms with van der Waals surface area (Å²) in [6.45, 7) is 6.48. The fourth-order valence-electron chi connectivity index (χ4n) is 1.43. The summed E-state index contributed by atoms with van der Waals surface area (Å²) in [7, 11) is 0. The van der Waals surface area contributed by atoms with E-state index in [9.17, 15) is 0 Å². The van der Waals surface area contributed by atoms with Gasteiger partial charge in [-0.1, -0.05) is 6.08 Å². The van der Waals surface area contributed by atoms with Crippen molar-refractivity contribution in [2.45, 2.75) is 13.5 Å². The maximum atomic E-state index is 4.25. The van der Waals surface area contributed by atoms with Gasteiger partial charge in [-0.3, -0.25) is 4.98 Å². The summed E-state index contributed by atoms with van der Waals surface area (Å²) in [5.74, 6) is 0.802. The first-order chi connectivity index (χ1) is 7.81. The summed E-state index contributed by atoms with van der Waals surface area (Å²) in [4.78, 5) is 8.33. The average molecular weight is 214 g/mol. The molecule has 1 N–H and O–H groups in total. The Kier molecular flexibility index (Phi) is 3.00. The van der Waals surface area contributed by atoms with Crippen molar-refractivity contribution in [2.75, 3.05) is 5.32 Å². The number of nitrogens with one attached hydrogen (secondary N) is 1. The van der Waals surface area contributed by atoms with Crippen molar-refractivity contribution < 1.29 is 0 Å². The molecule has 2 aromatic heterocycles. The second-order valence-corrected chi connectivity index (χ2v) is 3.51. The Morgan fingerprint density at radius 2 is 2.38 bits per heavy atom. The predicted octanol–water partition coefficient (Wildman–Crippen LogP) is 2.52. The van der Waals surface area contributed by atoms with E-state index in [1.165, 1.54) is 0 Å². The van der Waals surface area contributed by atoms with E-state index < -0.39 is 0 Å². The fourth-order valence-corrected chi connectivity index (χ4v) is 1.43. The number of allylic oxidation sites excluding steroid dienone is 1. The SMILES string of the molecule is C=CCn1ccnc1Nc1cnccc1C. The lowest BCUT2D eigenvalue weighted by molar-refractivity contribution is 0.832. The van der Waals surface area contributed by atoms with Crippen molar-refractivity contribution >= 4 is 11.6 Å². The van der Waals surface area contributed by atoms with Gasteiger partial charge in [0, 0.05) is 25.1 Å². The van der Waals surface area contributed by atoms with Crippen molar-refractivity contribution in [3.63, 3.8) is 0 Å². The van der Waals surface area contributed by atoms with Crippen molar-refractivity contribution in [1.82, 2.24) is 14.5 Å². The van der Waals surface area contributed by atoms with E-state index in [0.29, 0.717) is 0 Å². The van der Waals surface area contributed by atoms with Gasteiger partial charge in [0.25, 0.3) is 0 Å². The molecule has 0 aliphatic carbocycles. The van der Waals surface area contributed by atoms with E-state index in [1.807, 2.05) is 29.8 Å². The average Bonchev–Trinajstić information content (AvgIpc) is 2.70. The van der Waals surface area contributed by atoms with Crippen LogP contribution in [0.4, 0.5) is 11.6 Å². The summed E-state index contributed by atoms with van der Waals surface area (Å²) in [5.41, 5.74) is 2.11. The van der Waals surface area contributed by atoms with Gasteiger partial charge >= 0.3 is 0 Å². The molecule has 0 spiro atoms. The lowest BCUT2D eigenvalue weighted by atomic mass is 10.2. The molecule has 0 bridgehead atoms. The minimum atomic E-state index is 0.738. The van der Waals surface area contributed by atoms with E-state index in [2.05, 4.69) is 21.9 Å². The van der Waals surface area contributed by atoms with Gasteiger partial charge in [0.15, 0.2) is 0 Å². The Labute approximate surface area is 94.7 Å². The van der Waals surface area contributed by atoms with Crippen LogP contribution < -0.4 is 5.32 Å². The largest absolute Gasteiger partial charge is 0.324 e. The number of anilines is 2. The molecule has 82 valence electrons. The molecule has 0 unspecified atom stereocenters. The molecule has 0 saturated heterocycles. The van der Waals surface area contributed by atoms with Crippen LogP contribution in [0.3, 0.4) is 0 Å². The van der Waals surface area contributed by atoms with Crippen LogP contribution in [0.5, 0.6) is 0 Å². The molecule has 0 saturated carbocycles. The van der Waals surface area contributed by atoms with Gasteiger partial charge in [0.1, 0.15) is 0 Å². The highest BCUT2D eigenvalue weighted by atomic mass is 15.2. The molecule has 2 rings (SSSR count). The Morgan fingerprint density at radius 1 is 1.50 bits per heavy atom. The quantitative estimate of drug-likeness (QED) is 0.795. The minimum Gasteiger partial charge on any atom is -0.324 e. The molecule has 4 nitrogen and oxygen atoms in total. The predicted molar refractivity (Wildman–Crippen MR) is 64.7 cm³/mol. The topological polar surface area (TPSA) is 42.7 Å². The summed E-state index contributed by atoms with van der Waals surface area (Å²) < 4.78 is 1.99. The molecule has 2 heterocycles. The fraction of sp³-hybridized carbons (Fsp3) is 0.167. The number of rotatable bonds is 4. The van der Waals surface area contributed by atoms with E-state index in [4.69, 9.17) is 0 Å².